The minimum absolute atomic E-state index is 0.0652. The Morgan fingerprint density at radius 2 is 2.12 bits per heavy atom. The second-order valence-electron chi connectivity index (χ2n) is 4.71. The van der Waals surface area contributed by atoms with Gasteiger partial charge in [-0.3, -0.25) is 4.79 Å². The molecule has 2 fully saturated rings. The van der Waals surface area contributed by atoms with Gasteiger partial charge in [-0.1, -0.05) is 0 Å². The van der Waals surface area contributed by atoms with E-state index in [-0.39, 0.29) is 18.4 Å². The molecule has 6 nitrogen and oxygen atoms in total. The molecule has 2 saturated heterocycles. The van der Waals surface area contributed by atoms with Crippen LogP contribution in [0.5, 0.6) is 0 Å². The zero-order chi connectivity index (χ0) is 12.6. The Morgan fingerprint density at radius 1 is 1.41 bits per heavy atom. The molecule has 0 radical (unpaired) electrons. The standard InChI is InChI=1S/C10H19N3O3S/c1-2-12-7-9(5-10(12)14)17(15,16)13-4-3-8(11)6-13/h8-9H,2-7,11H2,1H3. The van der Waals surface area contributed by atoms with Crippen LogP contribution in [0.2, 0.25) is 0 Å². The van der Waals surface area contributed by atoms with Crippen LogP contribution in [0.15, 0.2) is 0 Å². The maximum absolute atomic E-state index is 12.3. The van der Waals surface area contributed by atoms with Crippen LogP contribution in [0.1, 0.15) is 19.8 Å². The van der Waals surface area contributed by atoms with Crippen molar-refractivity contribution in [3.63, 3.8) is 0 Å². The molecule has 98 valence electrons. The fraction of sp³-hybridized carbons (Fsp3) is 0.900. The zero-order valence-electron chi connectivity index (χ0n) is 10.0. The van der Waals surface area contributed by atoms with Crippen LogP contribution in [0.25, 0.3) is 0 Å². The first-order chi connectivity index (χ1) is 7.95. The van der Waals surface area contributed by atoms with Crippen LogP contribution in [-0.4, -0.2) is 61.0 Å². The molecule has 17 heavy (non-hydrogen) atoms. The van der Waals surface area contributed by atoms with Crippen molar-refractivity contribution < 1.29 is 13.2 Å². The number of rotatable bonds is 3. The minimum Gasteiger partial charge on any atom is -0.342 e. The molecule has 2 rings (SSSR count). The smallest absolute Gasteiger partial charge is 0.224 e. The molecule has 2 atom stereocenters. The third-order valence-corrected chi connectivity index (χ3v) is 5.74. The SMILES string of the molecule is CCN1CC(S(=O)(=O)N2CCC(N)C2)CC1=O. The van der Waals surface area contributed by atoms with Crippen LogP contribution < -0.4 is 5.73 Å². The lowest BCUT2D eigenvalue weighted by Crippen LogP contribution is -2.40. The zero-order valence-corrected chi connectivity index (χ0v) is 10.8. The van der Waals surface area contributed by atoms with Crippen LogP contribution in [0.3, 0.4) is 0 Å². The summed E-state index contributed by atoms with van der Waals surface area (Å²) in [6.07, 6.45) is 0.819. The second-order valence-corrected chi connectivity index (χ2v) is 6.92. The van der Waals surface area contributed by atoms with Crippen molar-refractivity contribution in [2.45, 2.75) is 31.1 Å². The predicted octanol–water partition coefficient (Wildman–Crippen LogP) is -1.03. The summed E-state index contributed by atoms with van der Waals surface area (Å²) < 4.78 is 26.0. The number of likely N-dealkylation sites (tertiary alicyclic amines) is 1. The molecule has 7 heteroatoms. The highest BCUT2D eigenvalue weighted by molar-refractivity contribution is 7.89. The van der Waals surface area contributed by atoms with Crippen LogP contribution in [0, 0.1) is 0 Å². The summed E-state index contributed by atoms with van der Waals surface area (Å²) in [5.41, 5.74) is 5.72. The lowest BCUT2D eigenvalue weighted by atomic mass is 10.3. The first-order valence-corrected chi connectivity index (χ1v) is 7.47. The van der Waals surface area contributed by atoms with E-state index in [0.717, 1.165) is 0 Å². The van der Waals surface area contributed by atoms with Gasteiger partial charge in [0.25, 0.3) is 0 Å². The number of nitrogens with two attached hydrogens (primary N) is 1. The fourth-order valence-corrected chi connectivity index (χ4v) is 4.34. The van der Waals surface area contributed by atoms with E-state index in [9.17, 15) is 13.2 Å². The van der Waals surface area contributed by atoms with Crippen LogP contribution in [-0.2, 0) is 14.8 Å². The maximum Gasteiger partial charge on any atom is 0.224 e. The molecule has 0 saturated carbocycles. The van der Waals surface area contributed by atoms with Gasteiger partial charge in [-0.05, 0) is 13.3 Å². The number of carbonyl (C=O) groups excluding carboxylic acids is 1. The lowest BCUT2D eigenvalue weighted by Gasteiger charge is -2.20. The molecule has 2 aliphatic heterocycles. The van der Waals surface area contributed by atoms with E-state index in [1.54, 1.807) is 4.90 Å². The van der Waals surface area contributed by atoms with Gasteiger partial charge in [0.1, 0.15) is 5.25 Å². The molecule has 0 aromatic rings. The van der Waals surface area contributed by atoms with Crippen molar-refractivity contribution in [2.75, 3.05) is 26.2 Å². The van der Waals surface area contributed by atoms with Gasteiger partial charge in [0, 0.05) is 38.6 Å². The van der Waals surface area contributed by atoms with Gasteiger partial charge in [0.15, 0.2) is 0 Å². The number of amides is 1. The largest absolute Gasteiger partial charge is 0.342 e. The van der Waals surface area contributed by atoms with E-state index < -0.39 is 15.3 Å². The number of nitrogens with zero attached hydrogens (tertiary/aromatic N) is 2. The first-order valence-electron chi connectivity index (χ1n) is 5.97. The number of hydrogen-bond acceptors (Lipinski definition) is 4. The average Bonchev–Trinajstić information content (AvgIpc) is 2.85. The topological polar surface area (TPSA) is 83.7 Å². The first kappa shape index (κ1) is 12.8. The van der Waals surface area contributed by atoms with Gasteiger partial charge in [0.05, 0.1) is 0 Å². The molecule has 2 aliphatic rings. The Labute approximate surface area is 102 Å². The summed E-state index contributed by atoms with van der Waals surface area (Å²) in [6, 6.07) is -0.0656. The van der Waals surface area contributed by atoms with Crippen molar-refractivity contribution in [3.05, 3.63) is 0 Å². The van der Waals surface area contributed by atoms with E-state index >= 15 is 0 Å². The Balaban J connectivity index is 2.10. The summed E-state index contributed by atoms with van der Waals surface area (Å²) in [6.45, 7) is 3.63. The van der Waals surface area contributed by atoms with Crippen molar-refractivity contribution in [3.8, 4) is 0 Å². The van der Waals surface area contributed by atoms with E-state index in [2.05, 4.69) is 0 Å². The summed E-state index contributed by atoms with van der Waals surface area (Å²) >= 11 is 0. The highest BCUT2D eigenvalue weighted by Crippen LogP contribution is 2.23. The highest BCUT2D eigenvalue weighted by atomic mass is 32.2. The minimum atomic E-state index is -3.36. The fourth-order valence-electron chi connectivity index (χ4n) is 2.44. The van der Waals surface area contributed by atoms with Crippen molar-refractivity contribution >= 4 is 15.9 Å². The lowest BCUT2D eigenvalue weighted by molar-refractivity contribution is -0.127. The van der Waals surface area contributed by atoms with Crippen molar-refractivity contribution in [1.82, 2.24) is 9.21 Å². The molecule has 2 unspecified atom stereocenters. The number of sulfonamides is 1. The van der Waals surface area contributed by atoms with E-state index in [4.69, 9.17) is 5.73 Å². The normalized spacial score (nSPS) is 31.4. The maximum atomic E-state index is 12.3. The van der Waals surface area contributed by atoms with Gasteiger partial charge in [-0.15, -0.1) is 0 Å². The quantitative estimate of drug-likeness (QED) is 0.704. The number of hydrogen-bond donors (Lipinski definition) is 1. The average molecular weight is 261 g/mol. The highest BCUT2D eigenvalue weighted by Gasteiger charge is 2.42. The van der Waals surface area contributed by atoms with Gasteiger partial charge in [-0.25, -0.2) is 12.7 Å². The van der Waals surface area contributed by atoms with Gasteiger partial charge < -0.3 is 10.6 Å². The monoisotopic (exact) mass is 261 g/mol. The van der Waals surface area contributed by atoms with Crippen LogP contribution >= 0.6 is 0 Å². The Bertz CT molecular complexity index is 409. The van der Waals surface area contributed by atoms with Crippen LogP contribution in [0.4, 0.5) is 0 Å². The summed E-state index contributed by atoms with van der Waals surface area (Å²) in [5, 5.41) is -0.583. The second kappa shape index (κ2) is 4.55. The van der Waals surface area contributed by atoms with E-state index in [1.807, 2.05) is 6.92 Å². The summed E-state index contributed by atoms with van der Waals surface area (Å²) in [5.74, 6) is -0.0652. The molecule has 0 bridgehead atoms. The third-order valence-electron chi connectivity index (χ3n) is 3.53. The van der Waals surface area contributed by atoms with E-state index in [0.29, 0.717) is 32.6 Å². The van der Waals surface area contributed by atoms with E-state index in [1.165, 1.54) is 4.31 Å². The third kappa shape index (κ3) is 2.31. The van der Waals surface area contributed by atoms with Gasteiger partial charge in [0.2, 0.25) is 15.9 Å². The molecule has 2 heterocycles. The van der Waals surface area contributed by atoms with Crippen molar-refractivity contribution in [1.29, 1.82) is 0 Å². The van der Waals surface area contributed by atoms with Crippen molar-refractivity contribution in [2.24, 2.45) is 5.73 Å². The molecule has 0 aliphatic carbocycles. The number of carbonyl (C=O) groups is 1. The molecule has 0 aromatic heterocycles. The molecular weight excluding hydrogens is 242 g/mol. The molecule has 1 amide bonds. The van der Waals surface area contributed by atoms with Gasteiger partial charge >= 0.3 is 0 Å². The summed E-state index contributed by atoms with van der Waals surface area (Å²) in [4.78, 5) is 13.2. The van der Waals surface area contributed by atoms with Gasteiger partial charge in [-0.2, -0.15) is 0 Å². The Kier molecular flexibility index (Phi) is 3.42. The Morgan fingerprint density at radius 3 is 2.59 bits per heavy atom. The predicted molar refractivity (Wildman–Crippen MR) is 63.7 cm³/mol. The Hall–Kier alpha value is -0.660. The molecule has 0 aromatic carbocycles. The molecule has 0 spiro atoms. The summed E-state index contributed by atoms with van der Waals surface area (Å²) in [7, 11) is -3.36. The molecular formula is C10H19N3O3S. The molecule has 2 N–H and O–H groups in total.